The first-order valence-corrected chi connectivity index (χ1v) is 7.25. The van der Waals surface area contributed by atoms with Gasteiger partial charge >= 0.3 is 0 Å². The number of hydrazone groups is 1. The Hall–Kier alpha value is -1.29. The predicted molar refractivity (Wildman–Crippen MR) is 76.8 cm³/mol. The molecule has 0 aromatic heterocycles. The molecule has 1 aliphatic carbocycles. The number of thioether (sulfide) groups is 1. The van der Waals surface area contributed by atoms with Gasteiger partial charge in [0.25, 0.3) is 0 Å². The highest BCUT2D eigenvalue weighted by molar-refractivity contribution is 7.99. The molecule has 18 heavy (non-hydrogen) atoms. The summed E-state index contributed by atoms with van der Waals surface area (Å²) in [5.41, 5.74) is 2.70. The van der Waals surface area contributed by atoms with Gasteiger partial charge in [-0.05, 0) is 30.2 Å². The monoisotopic (exact) mass is 262 g/mol. The molecule has 0 radical (unpaired) electrons. The van der Waals surface area contributed by atoms with Gasteiger partial charge in [0.2, 0.25) is 5.91 Å². The molecule has 4 heteroatoms. The second-order valence-corrected chi connectivity index (χ2v) is 5.74. The number of carbonyl (C=O) groups excluding carboxylic acids is 1. The summed E-state index contributed by atoms with van der Waals surface area (Å²) in [6.07, 6.45) is 4.78. The predicted octanol–water partition coefficient (Wildman–Crippen LogP) is 2.70. The van der Waals surface area contributed by atoms with Gasteiger partial charge in [0, 0.05) is 20.1 Å². The Balaban J connectivity index is 2.37. The molecule has 0 saturated carbocycles. The number of aryl methyl sites for hydroxylation is 1. The van der Waals surface area contributed by atoms with Crippen molar-refractivity contribution in [3.05, 3.63) is 35.4 Å². The Kier molecular flexibility index (Phi) is 3.76. The van der Waals surface area contributed by atoms with Crippen LogP contribution in [-0.2, 0) is 17.6 Å². The van der Waals surface area contributed by atoms with Gasteiger partial charge in [-0.2, -0.15) is 5.10 Å². The third kappa shape index (κ3) is 2.17. The summed E-state index contributed by atoms with van der Waals surface area (Å²) in [4.78, 5) is 11.5. The molecule has 0 spiro atoms. The van der Waals surface area contributed by atoms with E-state index < -0.39 is 0 Å². The Labute approximate surface area is 112 Å². The molecule has 0 saturated heterocycles. The highest BCUT2D eigenvalue weighted by Gasteiger charge is 2.40. The maximum Gasteiger partial charge on any atom is 0.240 e. The maximum absolute atomic E-state index is 11.7. The van der Waals surface area contributed by atoms with E-state index in [9.17, 15) is 4.79 Å². The van der Waals surface area contributed by atoms with Gasteiger partial charge in [0.15, 0.2) is 0 Å². The minimum absolute atomic E-state index is 0.0428. The lowest BCUT2D eigenvalue weighted by atomic mass is 9.87. The highest BCUT2D eigenvalue weighted by Crippen LogP contribution is 2.40. The zero-order valence-corrected chi connectivity index (χ0v) is 11.7. The molecule has 1 aliphatic rings. The van der Waals surface area contributed by atoms with Gasteiger partial charge in [0.05, 0.1) is 0 Å². The van der Waals surface area contributed by atoms with E-state index in [0.29, 0.717) is 0 Å². The lowest BCUT2D eigenvalue weighted by Crippen LogP contribution is -2.49. The fraction of sp³-hybridized carbons (Fsp3) is 0.429. The summed E-state index contributed by atoms with van der Waals surface area (Å²) >= 11 is 1.69. The molecule has 96 valence electrons. The summed E-state index contributed by atoms with van der Waals surface area (Å²) in [5, 5.41) is 5.49. The van der Waals surface area contributed by atoms with Gasteiger partial charge in [-0.1, -0.05) is 24.3 Å². The molecule has 2 rings (SSSR count). The van der Waals surface area contributed by atoms with Crippen molar-refractivity contribution in [1.29, 1.82) is 0 Å². The Morgan fingerprint density at radius 2 is 2.11 bits per heavy atom. The van der Waals surface area contributed by atoms with Crippen molar-refractivity contribution < 1.29 is 4.79 Å². The standard InChI is InChI=1S/C14H18N2OS/c1-11(17)16(15-2)14(18-3)9-8-12-6-4-5-7-13(12)10-14/h4-7H,2,8-10H2,1,3H3/t14-/m1/s1. The molecule has 1 atom stereocenters. The van der Waals surface area contributed by atoms with Gasteiger partial charge in [-0.3, -0.25) is 4.79 Å². The van der Waals surface area contributed by atoms with E-state index in [0.717, 1.165) is 19.3 Å². The lowest BCUT2D eigenvalue weighted by molar-refractivity contribution is -0.132. The summed E-state index contributed by atoms with van der Waals surface area (Å²) in [7, 11) is 0. The van der Waals surface area contributed by atoms with E-state index in [1.807, 2.05) is 6.26 Å². The molecule has 0 heterocycles. The van der Waals surface area contributed by atoms with Crippen molar-refractivity contribution in [3.63, 3.8) is 0 Å². The number of nitrogens with zero attached hydrogens (tertiary/aromatic N) is 2. The molecule has 0 N–H and O–H groups in total. The van der Waals surface area contributed by atoms with Crippen LogP contribution in [0.4, 0.5) is 0 Å². The number of benzene rings is 1. The third-order valence-electron chi connectivity index (χ3n) is 3.58. The van der Waals surface area contributed by atoms with E-state index in [2.05, 4.69) is 36.1 Å². The second-order valence-electron chi connectivity index (χ2n) is 4.57. The maximum atomic E-state index is 11.7. The van der Waals surface area contributed by atoms with Crippen LogP contribution in [0.15, 0.2) is 29.4 Å². The zero-order valence-electron chi connectivity index (χ0n) is 10.8. The molecule has 1 aromatic carbocycles. The van der Waals surface area contributed by atoms with Crippen LogP contribution < -0.4 is 0 Å². The van der Waals surface area contributed by atoms with E-state index in [1.165, 1.54) is 11.1 Å². The van der Waals surface area contributed by atoms with Crippen molar-refractivity contribution in [2.24, 2.45) is 5.10 Å². The summed E-state index contributed by atoms with van der Waals surface area (Å²) < 4.78 is 0. The SMILES string of the molecule is C=NN(C(C)=O)[C@@]1(SC)CCc2ccccc2C1. The van der Waals surface area contributed by atoms with Crippen LogP contribution in [0.3, 0.4) is 0 Å². The second kappa shape index (κ2) is 5.14. The lowest BCUT2D eigenvalue weighted by Gasteiger charge is -2.42. The van der Waals surface area contributed by atoms with Gasteiger partial charge in [-0.25, -0.2) is 5.01 Å². The van der Waals surface area contributed by atoms with E-state index in [1.54, 1.807) is 23.7 Å². The van der Waals surface area contributed by atoms with Crippen molar-refractivity contribution in [2.45, 2.75) is 31.1 Å². The van der Waals surface area contributed by atoms with Crippen molar-refractivity contribution in [1.82, 2.24) is 5.01 Å². The number of rotatable bonds is 3. The smallest absolute Gasteiger partial charge is 0.240 e. The van der Waals surface area contributed by atoms with Crippen molar-refractivity contribution in [2.75, 3.05) is 6.26 Å². The first-order valence-electron chi connectivity index (χ1n) is 6.02. The molecule has 0 unspecified atom stereocenters. The van der Waals surface area contributed by atoms with E-state index in [-0.39, 0.29) is 10.8 Å². The number of hydrogen-bond donors (Lipinski definition) is 0. The van der Waals surface area contributed by atoms with Crippen LogP contribution in [-0.4, -0.2) is 28.8 Å². The molecule has 3 nitrogen and oxygen atoms in total. The minimum Gasteiger partial charge on any atom is -0.273 e. The Morgan fingerprint density at radius 1 is 1.44 bits per heavy atom. The molecular weight excluding hydrogens is 244 g/mol. The number of amides is 1. The molecule has 1 aromatic rings. The first-order chi connectivity index (χ1) is 8.63. The van der Waals surface area contributed by atoms with Crippen LogP contribution in [0.1, 0.15) is 24.5 Å². The first kappa shape index (κ1) is 13.1. The van der Waals surface area contributed by atoms with Crippen LogP contribution in [0, 0.1) is 0 Å². The Bertz CT molecular complexity index is 475. The highest BCUT2D eigenvalue weighted by atomic mass is 32.2. The Morgan fingerprint density at radius 3 is 2.67 bits per heavy atom. The number of fused-ring (bicyclic) bond motifs is 1. The van der Waals surface area contributed by atoms with Crippen LogP contribution >= 0.6 is 11.8 Å². The topological polar surface area (TPSA) is 32.7 Å². The van der Waals surface area contributed by atoms with E-state index in [4.69, 9.17) is 0 Å². The quantitative estimate of drug-likeness (QED) is 0.476. The van der Waals surface area contributed by atoms with Gasteiger partial charge in [-0.15, -0.1) is 11.8 Å². The normalized spacial score (nSPS) is 22.1. The average molecular weight is 262 g/mol. The molecule has 0 aliphatic heterocycles. The van der Waals surface area contributed by atoms with Gasteiger partial charge in [0.1, 0.15) is 4.87 Å². The molecule has 0 bridgehead atoms. The minimum atomic E-state index is -0.276. The molecule has 1 amide bonds. The summed E-state index contributed by atoms with van der Waals surface area (Å²) in [6, 6.07) is 8.42. The van der Waals surface area contributed by atoms with Crippen molar-refractivity contribution in [3.8, 4) is 0 Å². The summed E-state index contributed by atoms with van der Waals surface area (Å²) in [6.45, 7) is 5.10. The zero-order chi connectivity index (χ0) is 13.2. The number of hydrogen-bond acceptors (Lipinski definition) is 3. The molecule has 0 fully saturated rings. The fourth-order valence-electron chi connectivity index (χ4n) is 2.65. The average Bonchev–Trinajstić information content (AvgIpc) is 2.39. The van der Waals surface area contributed by atoms with Crippen LogP contribution in [0.25, 0.3) is 0 Å². The van der Waals surface area contributed by atoms with Crippen molar-refractivity contribution >= 4 is 24.4 Å². The van der Waals surface area contributed by atoms with Crippen LogP contribution in [0.2, 0.25) is 0 Å². The summed E-state index contributed by atoms with van der Waals surface area (Å²) in [5.74, 6) is -0.0428. The number of carbonyl (C=O) groups is 1. The largest absolute Gasteiger partial charge is 0.273 e. The van der Waals surface area contributed by atoms with Gasteiger partial charge < -0.3 is 0 Å². The molecular formula is C14H18N2OS. The third-order valence-corrected chi connectivity index (χ3v) is 4.86. The van der Waals surface area contributed by atoms with E-state index >= 15 is 0 Å². The fourth-order valence-corrected chi connectivity index (χ4v) is 3.61. The van der Waals surface area contributed by atoms with Crippen LogP contribution in [0.5, 0.6) is 0 Å².